The molecule has 1 aliphatic rings. The van der Waals surface area contributed by atoms with Crippen LogP contribution in [0.4, 0.5) is 4.39 Å². The molecule has 1 aromatic heterocycles. The molecule has 1 N–H and O–H groups in total. The zero-order chi connectivity index (χ0) is 18.4. The second-order valence-electron chi connectivity index (χ2n) is 7.03. The fraction of sp³-hybridized carbons (Fsp3) is 0.286. The minimum absolute atomic E-state index is 0.00490. The molecular weight excluding hydrogens is 331 g/mol. The maximum absolute atomic E-state index is 12.9. The van der Waals surface area contributed by atoms with E-state index in [1.807, 2.05) is 6.92 Å². The van der Waals surface area contributed by atoms with Crippen molar-refractivity contribution in [3.63, 3.8) is 0 Å². The van der Waals surface area contributed by atoms with Crippen LogP contribution in [0.3, 0.4) is 0 Å². The van der Waals surface area contributed by atoms with Crippen LogP contribution in [0, 0.1) is 26.6 Å². The van der Waals surface area contributed by atoms with E-state index in [1.165, 1.54) is 17.7 Å². The summed E-state index contributed by atoms with van der Waals surface area (Å²) in [4.78, 5) is 17.9. The molecule has 3 aromatic rings. The highest BCUT2D eigenvalue weighted by atomic mass is 19.1. The van der Waals surface area contributed by atoms with Crippen molar-refractivity contribution in [1.82, 2.24) is 9.88 Å². The summed E-state index contributed by atoms with van der Waals surface area (Å²) in [5.74, 6) is 0.327. The molecule has 0 spiro atoms. The van der Waals surface area contributed by atoms with E-state index in [-0.39, 0.29) is 17.8 Å². The number of aromatic nitrogens is 1. The molecule has 2 aromatic carbocycles. The van der Waals surface area contributed by atoms with Crippen molar-refractivity contribution < 1.29 is 13.9 Å². The van der Waals surface area contributed by atoms with Crippen LogP contribution in [-0.2, 0) is 0 Å². The first-order valence-corrected chi connectivity index (χ1v) is 8.73. The van der Waals surface area contributed by atoms with Crippen molar-refractivity contribution in [1.29, 1.82) is 0 Å². The Morgan fingerprint density at radius 2 is 1.85 bits per heavy atom. The number of fused-ring (bicyclic) bond motifs is 1. The Bertz CT molecular complexity index is 985. The van der Waals surface area contributed by atoms with Crippen LogP contribution >= 0.6 is 0 Å². The van der Waals surface area contributed by atoms with E-state index in [9.17, 15) is 9.18 Å². The molecule has 0 aliphatic carbocycles. The number of likely N-dealkylation sites (tertiary alicyclic amines) is 1. The Balaban J connectivity index is 1.48. The lowest BCUT2D eigenvalue weighted by Gasteiger charge is -2.38. The molecule has 0 atom stereocenters. The lowest BCUT2D eigenvalue weighted by Crippen LogP contribution is -2.56. The molecule has 0 bridgehead atoms. The first kappa shape index (κ1) is 16.6. The van der Waals surface area contributed by atoms with E-state index in [4.69, 9.17) is 4.74 Å². The van der Waals surface area contributed by atoms with Crippen LogP contribution in [-0.4, -0.2) is 35.0 Å². The van der Waals surface area contributed by atoms with Gasteiger partial charge in [0.05, 0.1) is 13.1 Å². The van der Waals surface area contributed by atoms with E-state index in [2.05, 4.69) is 31.0 Å². The topological polar surface area (TPSA) is 45.3 Å². The normalized spacial score (nSPS) is 14.5. The smallest absolute Gasteiger partial charge is 0.270 e. The number of aryl methyl sites for hydroxylation is 3. The number of carbonyl (C=O) groups is 1. The highest BCUT2D eigenvalue weighted by molar-refractivity contribution is 6.02. The number of amides is 1. The van der Waals surface area contributed by atoms with E-state index >= 15 is 0 Å². The highest BCUT2D eigenvalue weighted by Crippen LogP contribution is 2.28. The summed E-state index contributed by atoms with van der Waals surface area (Å²) in [5.41, 5.74) is 4.99. The molecule has 2 heterocycles. The number of hydrogen-bond donors (Lipinski definition) is 1. The predicted octanol–water partition coefficient (Wildman–Crippen LogP) is 4.14. The van der Waals surface area contributed by atoms with Gasteiger partial charge in [-0.3, -0.25) is 4.79 Å². The lowest BCUT2D eigenvalue weighted by atomic mass is 10.0. The third kappa shape index (κ3) is 2.83. The second-order valence-corrected chi connectivity index (χ2v) is 7.03. The van der Waals surface area contributed by atoms with Crippen molar-refractivity contribution in [2.75, 3.05) is 13.1 Å². The molecular formula is C21H21FN2O2. The molecule has 5 heteroatoms. The second kappa shape index (κ2) is 6.16. The SMILES string of the molecule is Cc1cc(C)c2[nH]c(C(=O)N3CC(Oc4ccc(F)cc4)C3)c(C)c2c1. The summed E-state index contributed by atoms with van der Waals surface area (Å²) in [6.45, 7) is 7.16. The van der Waals surface area contributed by atoms with Gasteiger partial charge in [0, 0.05) is 10.9 Å². The Morgan fingerprint density at radius 3 is 2.54 bits per heavy atom. The number of ether oxygens (including phenoxy) is 1. The minimum atomic E-state index is -0.289. The summed E-state index contributed by atoms with van der Waals surface area (Å²) in [6.07, 6.45) is -0.0573. The Morgan fingerprint density at radius 1 is 1.15 bits per heavy atom. The molecule has 0 radical (unpaired) electrons. The van der Waals surface area contributed by atoms with Gasteiger partial charge in [-0.25, -0.2) is 4.39 Å². The van der Waals surface area contributed by atoms with Gasteiger partial charge in [-0.1, -0.05) is 11.6 Å². The average molecular weight is 352 g/mol. The molecule has 0 saturated carbocycles. The molecule has 4 nitrogen and oxygen atoms in total. The zero-order valence-electron chi connectivity index (χ0n) is 15.1. The lowest BCUT2D eigenvalue weighted by molar-refractivity contribution is 0.0173. The van der Waals surface area contributed by atoms with Crippen molar-refractivity contribution >= 4 is 16.8 Å². The molecule has 134 valence electrons. The minimum Gasteiger partial charge on any atom is -0.487 e. The number of halogens is 1. The largest absolute Gasteiger partial charge is 0.487 e. The van der Waals surface area contributed by atoms with Crippen molar-refractivity contribution in [2.24, 2.45) is 0 Å². The fourth-order valence-electron chi connectivity index (χ4n) is 3.54. The number of nitrogens with zero attached hydrogens (tertiary/aromatic N) is 1. The van der Waals surface area contributed by atoms with Gasteiger partial charge in [0.2, 0.25) is 0 Å². The number of rotatable bonds is 3. The maximum Gasteiger partial charge on any atom is 0.270 e. The van der Waals surface area contributed by atoms with Gasteiger partial charge in [0.15, 0.2) is 0 Å². The maximum atomic E-state index is 12.9. The molecule has 26 heavy (non-hydrogen) atoms. The highest BCUT2D eigenvalue weighted by Gasteiger charge is 2.34. The summed E-state index contributed by atoms with van der Waals surface area (Å²) >= 11 is 0. The molecule has 4 rings (SSSR count). The van der Waals surface area contributed by atoms with E-state index in [0.717, 1.165) is 22.0 Å². The van der Waals surface area contributed by atoms with Crippen LogP contribution in [0.2, 0.25) is 0 Å². The van der Waals surface area contributed by atoms with E-state index in [1.54, 1.807) is 17.0 Å². The third-order valence-corrected chi connectivity index (χ3v) is 4.97. The number of carbonyl (C=O) groups excluding carboxylic acids is 1. The Hall–Kier alpha value is -2.82. The fourth-order valence-corrected chi connectivity index (χ4v) is 3.54. The average Bonchev–Trinajstić information content (AvgIpc) is 2.89. The number of hydrogen-bond acceptors (Lipinski definition) is 2. The van der Waals surface area contributed by atoms with Gasteiger partial charge < -0.3 is 14.6 Å². The Kier molecular flexibility index (Phi) is 3.94. The Labute approximate surface area is 151 Å². The quantitative estimate of drug-likeness (QED) is 0.770. The van der Waals surface area contributed by atoms with Crippen LogP contribution < -0.4 is 4.74 Å². The van der Waals surface area contributed by atoms with Crippen LogP contribution in [0.5, 0.6) is 5.75 Å². The number of H-pyrrole nitrogens is 1. The number of nitrogens with one attached hydrogen (secondary N) is 1. The molecule has 1 saturated heterocycles. The van der Waals surface area contributed by atoms with Crippen molar-refractivity contribution in [3.05, 3.63) is 64.6 Å². The van der Waals surface area contributed by atoms with Gasteiger partial charge in [0.1, 0.15) is 23.4 Å². The molecule has 1 fully saturated rings. The first-order valence-electron chi connectivity index (χ1n) is 8.73. The zero-order valence-corrected chi connectivity index (χ0v) is 15.1. The summed E-state index contributed by atoms with van der Waals surface area (Å²) in [7, 11) is 0. The number of aromatic amines is 1. The molecule has 0 unspecified atom stereocenters. The summed E-state index contributed by atoms with van der Waals surface area (Å²) in [5, 5.41) is 1.10. The third-order valence-electron chi connectivity index (χ3n) is 4.97. The van der Waals surface area contributed by atoms with Crippen LogP contribution in [0.1, 0.15) is 27.2 Å². The van der Waals surface area contributed by atoms with Gasteiger partial charge in [-0.05, 0) is 62.2 Å². The molecule has 1 aliphatic heterocycles. The van der Waals surface area contributed by atoms with Crippen molar-refractivity contribution in [2.45, 2.75) is 26.9 Å². The van der Waals surface area contributed by atoms with Crippen LogP contribution in [0.25, 0.3) is 10.9 Å². The summed E-state index contributed by atoms with van der Waals surface area (Å²) < 4.78 is 18.7. The van der Waals surface area contributed by atoms with Gasteiger partial charge in [-0.2, -0.15) is 0 Å². The van der Waals surface area contributed by atoms with E-state index < -0.39 is 0 Å². The van der Waals surface area contributed by atoms with Crippen LogP contribution in [0.15, 0.2) is 36.4 Å². The predicted molar refractivity (Wildman–Crippen MR) is 99.2 cm³/mol. The number of benzene rings is 2. The standard InChI is InChI=1S/C21H21FN2O2/c1-12-8-13(2)19-18(9-12)14(3)20(23-19)21(25)24-10-17(11-24)26-16-6-4-15(22)5-7-16/h4-9,17,23H,10-11H2,1-3H3. The monoisotopic (exact) mass is 352 g/mol. The van der Waals surface area contributed by atoms with Gasteiger partial charge >= 0.3 is 0 Å². The van der Waals surface area contributed by atoms with Gasteiger partial charge in [-0.15, -0.1) is 0 Å². The van der Waals surface area contributed by atoms with E-state index in [0.29, 0.717) is 24.5 Å². The molecule has 1 amide bonds. The first-order chi connectivity index (χ1) is 12.4. The van der Waals surface area contributed by atoms with Crippen molar-refractivity contribution in [3.8, 4) is 5.75 Å². The van der Waals surface area contributed by atoms with Gasteiger partial charge in [0.25, 0.3) is 5.91 Å². The summed E-state index contributed by atoms with van der Waals surface area (Å²) in [6, 6.07) is 10.2.